The van der Waals surface area contributed by atoms with E-state index >= 15 is 0 Å². The molecule has 17 heavy (non-hydrogen) atoms. The maximum absolute atomic E-state index is 11.9. The molecule has 1 atom stereocenters. The normalized spacial score (nSPS) is 19.9. The monoisotopic (exact) mass is 234 g/mol. The van der Waals surface area contributed by atoms with Gasteiger partial charge >= 0.3 is 0 Å². The molecule has 0 radical (unpaired) electrons. The second-order valence-corrected chi connectivity index (χ2v) is 4.36. The molecule has 1 fully saturated rings. The van der Waals surface area contributed by atoms with Crippen LogP contribution in [0.1, 0.15) is 24.4 Å². The summed E-state index contributed by atoms with van der Waals surface area (Å²) >= 11 is 0. The zero-order valence-corrected chi connectivity index (χ0v) is 10.1. The number of carbonyl (C=O) groups is 1. The molecule has 0 spiro atoms. The van der Waals surface area contributed by atoms with Crippen LogP contribution < -0.4 is 10.6 Å². The number of nitrogens with one attached hydrogen (secondary N) is 2. The third-order valence-corrected chi connectivity index (χ3v) is 2.95. The van der Waals surface area contributed by atoms with Gasteiger partial charge in [0.25, 0.3) is 0 Å². The van der Waals surface area contributed by atoms with Crippen LogP contribution in [0.5, 0.6) is 0 Å². The first-order chi connectivity index (χ1) is 8.25. The van der Waals surface area contributed by atoms with Crippen LogP contribution in [-0.4, -0.2) is 29.0 Å². The van der Waals surface area contributed by atoms with Crippen molar-refractivity contribution in [2.45, 2.75) is 26.3 Å². The summed E-state index contributed by atoms with van der Waals surface area (Å²) in [5.74, 6) is 0.955. The fraction of sp³-hybridized carbons (Fsp3) is 0.583. The number of hydrogen-bond donors (Lipinski definition) is 2. The van der Waals surface area contributed by atoms with Crippen molar-refractivity contribution in [3.05, 3.63) is 23.8 Å². The van der Waals surface area contributed by atoms with Crippen molar-refractivity contribution < 1.29 is 4.79 Å². The van der Waals surface area contributed by atoms with Gasteiger partial charge in [0, 0.05) is 12.7 Å². The van der Waals surface area contributed by atoms with E-state index in [1.165, 1.54) is 0 Å². The molecule has 1 aromatic heterocycles. The summed E-state index contributed by atoms with van der Waals surface area (Å²) in [6.45, 7) is 4.14. The van der Waals surface area contributed by atoms with E-state index in [1.54, 1.807) is 6.20 Å². The van der Waals surface area contributed by atoms with Crippen LogP contribution in [-0.2, 0) is 11.3 Å². The van der Waals surface area contributed by atoms with Gasteiger partial charge in [0.15, 0.2) is 0 Å². The molecule has 0 saturated carbocycles. The molecule has 92 valence electrons. The Morgan fingerprint density at radius 2 is 2.53 bits per heavy atom. The number of aromatic nitrogens is 2. The van der Waals surface area contributed by atoms with Gasteiger partial charge in [-0.3, -0.25) is 4.79 Å². The number of rotatable bonds is 3. The molecule has 2 rings (SSSR count). The zero-order chi connectivity index (χ0) is 12.1. The number of piperidine rings is 1. The molecule has 0 aliphatic carbocycles. The van der Waals surface area contributed by atoms with Gasteiger partial charge in [-0.25, -0.2) is 9.97 Å². The van der Waals surface area contributed by atoms with Gasteiger partial charge in [-0.2, -0.15) is 0 Å². The Morgan fingerprint density at radius 3 is 3.24 bits per heavy atom. The van der Waals surface area contributed by atoms with E-state index in [4.69, 9.17) is 0 Å². The number of aryl methyl sites for hydroxylation is 1. The summed E-state index contributed by atoms with van der Waals surface area (Å²) in [5.41, 5.74) is 0.856. The summed E-state index contributed by atoms with van der Waals surface area (Å²) < 4.78 is 0. The third kappa shape index (κ3) is 3.49. The van der Waals surface area contributed by atoms with Crippen molar-refractivity contribution in [1.82, 2.24) is 20.6 Å². The molecule has 1 aliphatic heterocycles. The van der Waals surface area contributed by atoms with Crippen molar-refractivity contribution in [3.63, 3.8) is 0 Å². The van der Waals surface area contributed by atoms with Crippen molar-refractivity contribution in [2.75, 3.05) is 13.1 Å². The first-order valence-electron chi connectivity index (χ1n) is 6.02. The summed E-state index contributed by atoms with van der Waals surface area (Å²) in [4.78, 5) is 20.1. The molecule has 0 aromatic carbocycles. The molecular formula is C12H18N4O. The maximum atomic E-state index is 11.9. The highest BCUT2D eigenvalue weighted by Gasteiger charge is 2.20. The number of amides is 1. The fourth-order valence-electron chi connectivity index (χ4n) is 2.00. The Balaban J connectivity index is 1.83. The van der Waals surface area contributed by atoms with Gasteiger partial charge in [-0.15, -0.1) is 0 Å². The van der Waals surface area contributed by atoms with E-state index in [9.17, 15) is 4.79 Å². The lowest BCUT2D eigenvalue weighted by Gasteiger charge is -2.21. The number of nitrogens with zero attached hydrogens (tertiary/aromatic N) is 2. The summed E-state index contributed by atoms with van der Waals surface area (Å²) in [6.07, 6.45) is 3.76. The van der Waals surface area contributed by atoms with E-state index in [0.29, 0.717) is 6.54 Å². The average Bonchev–Trinajstić information content (AvgIpc) is 2.37. The minimum atomic E-state index is 0.103. The van der Waals surface area contributed by atoms with Gasteiger partial charge in [0.2, 0.25) is 5.91 Å². The van der Waals surface area contributed by atoms with Crippen molar-refractivity contribution >= 4 is 5.91 Å². The summed E-state index contributed by atoms with van der Waals surface area (Å²) in [6, 6.07) is 1.83. The standard InChI is InChI=1S/C12H18N4O/c1-9-14-6-4-11(16-9)8-15-12(17)10-3-2-5-13-7-10/h4,6,10,13H,2-3,5,7-8H2,1H3,(H,15,17)/t10-/m0/s1. The van der Waals surface area contributed by atoms with Crippen LogP contribution in [0, 0.1) is 12.8 Å². The largest absolute Gasteiger partial charge is 0.350 e. The Bertz CT molecular complexity index is 388. The van der Waals surface area contributed by atoms with E-state index in [-0.39, 0.29) is 11.8 Å². The molecular weight excluding hydrogens is 216 g/mol. The lowest BCUT2D eigenvalue weighted by molar-refractivity contribution is -0.125. The summed E-state index contributed by atoms with van der Waals surface area (Å²) in [7, 11) is 0. The van der Waals surface area contributed by atoms with Crippen LogP contribution >= 0.6 is 0 Å². The van der Waals surface area contributed by atoms with Gasteiger partial charge in [0.1, 0.15) is 5.82 Å². The topological polar surface area (TPSA) is 66.9 Å². The molecule has 0 unspecified atom stereocenters. The third-order valence-electron chi connectivity index (χ3n) is 2.95. The molecule has 1 saturated heterocycles. The van der Waals surface area contributed by atoms with Gasteiger partial charge in [-0.05, 0) is 32.4 Å². The molecule has 1 aliphatic rings. The Labute approximate surface area is 101 Å². The first-order valence-corrected chi connectivity index (χ1v) is 6.02. The van der Waals surface area contributed by atoms with Crippen molar-refractivity contribution in [1.29, 1.82) is 0 Å². The minimum Gasteiger partial charge on any atom is -0.350 e. The molecule has 5 heteroatoms. The quantitative estimate of drug-likeness (QED) is 0.794. The predicted octanol–water partition coefficient (Wildman–Crippen LogP) is 0.401. The molecule has 1 amide bonds. The molecule has 0 bridgehead atoms. The predicted molar refractivity (Wildman–Crippen MR) is 64.2 cm³/mol. The SMILES string of the molecule is Cc1nccc(CNC(=O)[C@H]2CCCNC2)n1. The van der Waals surface area contributed by atoms with Crippen molar-refractivity contribution in [2.24, 2.45) is 5.92 Å². The highest BCUT2D eigenvalue weighted by Crippen LogP contribution is 2.09. The number of carbonyl (C=O) groups excluding carboxylic acids is 1. The zero-order valence-electron chi connectivity index (χ0n) is 10.1. The molecule has 2 heterocycles. The maximum Gasteiger partial charge on any atom is 0.224 e. The second-order valence-electron chi connectivity index (χ2n) is 4.36. The number of hydrogen-bond acceptors (Lipinski definition) is 4. The molecule has 1 aromatic rings. The Hall–Kier alpha value is -1.49. The van der Waals surface area contributed by atoms with E-state index in [2.05, 4.69) is 20.6 Å². The highest BCUT2D eigenvalue weighted by molar-refractivity contribution is 5.78. The summed E-state index contributed by atoms with van der Waals surface area (Å²) in [5, 5.41) is 6.16. The van der Waals surface area contributed by atoms with E-state index in [0.717, 1.165) is 37.4 Å². The average molecular weight is 234 g/mol. The lowest BCUT2D eigenvalue weighted by atomic mass is 9.99. The Morgan fingerprint density at radius 1 is 1.65 bits per heavy atom. The first kappa shape index (κ1) is 12.0. The van der Waals surface area contributed by atoms with Crippen LogP contribution in [0.15, 0.2) is 12.3 Å². The smallest absolute Gasteiger partial charge is 0.224 e. The highest BCUT2D eigenvalue weighted by atomic mass is 16.1. The van der Waals surface area contributed by atoms with Crippen LogP contribution in [0.2, 0.25) is 0 Å². The van der Waals surface area contributed by atoms with Crippen LogP contribution in [0.3, 0.4) is 0 Å². The van der Waals surface area contributed by atoms with E-state index < -0.39 is 0 Å². The Kier molecular flexibility index (Phi) is 4.03. The minimum absolute atomic E-state index is 0.103. The fourth-order valence-corrected chi connectivity index (χ4v) is 2.00. The van der Waals surface area contributed by atoms with Gasteiger partial charge < -0.3 is 10.6 Å². The lowest BCUT2D eigenvalue weighted by Crippen LogP contribution is -2.40. The van der Waals surface area contributed by atoms with E-state index in [1.807, 2.05) is 13.0 Å². The molecule has 5 nitrogen and oxygen atoms in total. The van der Waals surface area contributed by atoms with Gasteiger partial charge in [-0.1, -0.05) is 0 Å². The molecule has 2 N–H and O–H groups in total. The van der Waals surface area contributed by atoms with Crippen LogP contribution in [0.25, 0.3) is 0 Å². The van der Waals surface area contributed by atoms with Gasteiger partial charge in [0.05, 0.1) is 18.2 Å². The van der Waals surface area contributed by atoms with Crippen LogP contribution in [0.4, 0.5) is 0 Å². The van der Waals surface area contributed by atoms with Crippen molar-refractivity contribution in [3.8, 4) is 0 Å². The second kappa shape index (κ2) is 5.72.